The highest BCUT2D eigenvalue weighted by molar-refractivity contribution is 5.97. The summed E-state index contributed by atoms with van der Waals surface area (Å²) in [6.45, 7) is 1.67. The number of rotatable bonds is 10. The van der Waals surface area contributed by atoms with Crippen molar-refractivity contribution in [3.8, 4) is 6.07 Å². The average molecular weight is 255 g/mol. The van der Waals surface area contributed by atoms with Gasteiger partial charge in [-0.3, -0.25) is 4.79 Å². The number of hydrogen-bond donors (Lipinski definition) is 3. The van der Waals surface area contributed by atoms with E-state index in [1.165, 1.54) is 6.20 Å². The number of aliphatic hydroxyl groups is 1. The lowest BCUT2D eigenvalue weighted by atomic mass is 10.2. The van der Waals surface area contributed by atoms with E-state index in [1.54, 1.807) is 7.11 Å². The normalized spacial score (nSPS) is 10.8. The van der Waals surface area contributed by atoms with Crippen LogP contribution in [-0.2, 0) is 9.53 Å². The van der Waals surface area contributed by atoms with Gasteiger partial charge in [0.2, 0.25) is 0 Å². The van der Waals surface area contributed by atoms with E-state index in [9.17, 15) is 4.79 Å². The minimum absolute atomic E-state index is 0.0493. The number of unbranched alkanes of at least 4 members (excludes halogenated alkanes) is 2. The van der Waals surface area contributed by atoms with Crippen molar-refractivity contribution in [3.05, 3.63) is 11.8 Å². The quantitative estimate of drug-likeness (QED) is 0.288. The van der Waals surface area contributed by atoms with Gasteiger partial charge in [-0.15, -0.1) is 0 Å². The van der Waals surface area contributed by atoms with Gasteiger partial charge in [-0.1, -0.05) is 0 Å². The molecular weight excluding hydrogens is 234 g/mol. The van der Waals surface area contributed by atoms with Gasteiger partial charge in [0.15, 0.2) is 0 Å². The molecule has 0 saturated carbocycles. The van der Waals surface area contributed by atoms with E-state index in [1.807, 2.05) is 6.07 Å². The van der Waals surface area contributed by atoms with Gasteiger partial charge in [-0.2, -0.15) is 5.26 Å². The second kappa shape index (κ2) is 11.9. The fourth-order valence-corrected chi connectivity index (χ4v) is 1.20. The Labute approximate surface area is 108 Å². The van der Waals surface area contributed by atoms with Crippen LogP contribution in [0.2, 0.25) is 0 Å². The van der Waals surface area contributed by atoms with Crippen LogP contribution in [0.25, 0.3) is 0 Å². The van der Waals surface area contributed by atoms with Crippen LogP contribution in [-0.4, -0.2) is 44.4 Å². The third-order valence-electron chi connectivity index (χ3n) is 2.18. The first-order chi connectivity index (χ1) is 8.76. The van der Waals surface area contributed by atoms with Gasteiger partial charge in [-0.25, -0.2) is 0 Å². The van der Waals surface area contributed by atoms with Gasteiger partial charge in [-0.05, 0) is 19.3 Å². The standard InChI is InChI=1S/C12H21N3O3/c1-18-8-6-15-12(17)11(9-13)10-14-5-3-2-4-7-16/h10,14,16H,2-8H2,1H3,(H,15,17)/b11-10-. The molecule has 0 aromatic carbocycles. The molecule has 6 nitrogen and oxygen atoms in total. The summed E-state index contributed by atoms with van der Waals surface area (Å²) in [7, 11) is 1.54. The van der Waals surface area contributed by atoms with Crippen LogP contribution in [0.5, 0.6) is 0 Å². The van der Waals surface area contributed by atoms with Gasteiger partial charge >= 0.3 is 0 Å². The minimum Gasteiger partial charge on any atom is -0.396 e. The summed E-state index contributed by atoms with van der Waals surface area (Å²) < 4.78 is 4.79. The minimum atomic E-state index is -0.405. The maximum atomic E-state index is 11.5. The third-order valence-corrected chi connectivity index (χ3v) is 2.18. The second-order valence-corrected chi connectivity index (χ2v) is 3.66. The SMILES string of the molecule is COCCNC(=O)/C(C#N)=C\NCCCCCO. The summed E-state index contributed by atoms with van der Waals surface area (Å²) >= 11 is 0. The lowest BCUT2D eigenvalue weighted by Crippen LogP contribution is -2.28. The average Bonchev–Trinajstić information content (AvgIpc) is 2.38. The molecule has 0 atom stereocenters. The molecule has 0 aliphatic carbocycles. The van der Waals surface area contributed by atoms with Crippen LogP contribution in [0, 0.1) is 11.3 Å². The zero-order valence-electron chi connectivity index (χ0n) is 10.7. The molecule has 0 bridgehead atoms. The third kappa shape index (κ3) is 8.56. The summed E-state index contributed by atoms with van der Waals surface area (Å²) in [5.74, 6) is -0.405. The molecule has 102 valence electrons. The molecule has 0 heterocycles. The summed E-state index contributed by atoms with van der Waals surface area (Å²) in [6, 6.07) is 1.84. The fourth-order valence-electron chi connectivity index (χ4n) is 1.20. The Hall–Kier alpha value is -1.58. The number of nitrogens with zero attached hydrogens (tertiary/aromatic N) is 1. The molecule has 1 amide bonds. The van der Waals surface area contributed by atoms with Crippen LogP contribution in [0.3, 0.4) is 0 Å². The maximum Gasteiger partial charge on any atom is 0.263 e. The molecule has 0 spiro atoms. The molecule has 0 aliphatic rings. The van der Waals surface area contributed by atoms with E-state index >= 15 is 0 Å². The van der Waals surface area contributed by atoms with Gasteiger partial charge < -0.3 is 20.5 Å². The Balaban J connectivity index is 3.85. The first kappa shape index (κ1) is 16.4. The van der Waals surface area contributed by atoms with E-state index in [4.69, 9.17) is 15.1 Å². The van der Waals surface area contributed by atoms with Crippen molar-refractivity contribution in [1.82, 2.24) is 10.6 Å². The highest BCUT2D eigenvalue weighted by Crippen LogP contribution is 1.94. The van der Waals surface area contributed by atoms with Crippen LogP contribution < -0.4 is 10.6 Å². The van der Waals surface area contributed by atoms with E-state index in [2.05, 4.69) is 10.6 Å². The van der Waals surface area contributed by atoms with Gasteiger partial charge in [0.1, 0.15) is 11.6 Å². The molecule has 0 aromatic rings. The molecule has 0 radical (unpaired) electrons. The number of carbonyl (C=O) groups excluding carboxylic acids is 1. The highest BCUT2D eigenvalue weighted by atomic mass is 16.5. The van der Waals surface area contributed by atoms with Crippen molar-refractivity contribution in [3.63, 3.8) is 0 Å². The van der Waals surface area contributed by atoms with Gasteiger partial charge in [0, 0.05) is 33.0 Å². The summed E-state index contributed by atoms with van der Waals surface area (Å²) in [5.41, 5.74) is 0.0493. The van der Waals surface area contributed by atoms with E-state index in [-0.39, 0.29) is 12.2 Å². The van der Waals surface area contributed by atoms with Gasteiger partial charge in [0.25, 0.3) is 5.91 Å². The largest absolute Gasteiger partial charge is 0.396 e. The Bertz CT molecular complexity index is 297. The van der Waals surface area contributed by atoms with Gasteiger partial charge in [0.05, 0.1) is 6.61 Å². The molecule has 0 aromatic heterocycles. The molecular formula is C12H21N3O3. The molecule has 0 fully saturated rings. The Kier molecular flexibility index (Phi) is 10.8. The number of hydrogen-bond acceptors (Lipinski definition) is 5. The number of methoxy groups -OCH3 is 1. The first-order valence-corrected chi connectivity index (χ1v) is 5.98. The summed E-state index contributed by atoms with van der Waals surface area (Å²) in [6.07, 6.45) is 4.00. The molecule has 3 N–H and O–H groups in total. The van der Waals surface area contributed by atoms with E-state index in [0.717, 1.165) is 19.3 Å². The summed E-state index contributed by atoms with van der Waals surface area (Å²) in [5, 5.41) is 22.9. The van der Waals surface area contributed by atoms with E-state index in [0.29, 0.717) is 19.7 Å². The number of nitriles is 1. The monoisotopic (exact) mass is 255 g/mol. The molecule has 0 aliphatic heterocycles. The number of aliphatic hydroxyl groups excluding tert-OH is 1. The molecule has 0 saturated heterocycles. The zero-order valence-corrected chi connectivity index (χ0v) is 10.7. The van der Waals surface area contributed by atoms with Crippen LogP contribution in [0.15, 0.2) is 11.8 Å². The van der Waals surface area contributed by atoms with Crippen LogP contribution in [0.4, 0.5) is 0 Å². The van der Waals surface area contributed by atoms with Crippen molar-refractivity contribution in [1.29, 1.82) is 5.26 Å². The Morgan fingerprint density at radius 3 is 2.78 bits per heavy atom. The van der Waals surface area contributed by atoms with Crippen molar-refractivity contribution >= 4 is 5.91 Å². The van der Waals surface area contributed by atoms with Crippen molar-refractivity contribution in [2.45, 2.75) is 19.3 Å². The predicted octanol–water partition coefficient (Wildman–Crippen LogP) is -0.0913. The zero-order chi connectivity index (χ0) is 13.6. The smallest absolute Gasteiger partial charge is 0.263 e. The molecule has 6 heteroatoms. The topological polar surface area (TPSA) is 94.4 Å². The lowest BCUT2D eigenvalue weighted by Gasteiger charge is -2.04. The number of ether oxygens (including phenoxy) is 1. The molecule has 18 heavy (non-hydrogen) atoms. The number of nitrogens with one attached hydrogen (secondary N) is 2. The Morgan fingerprint density at radius 2 is 2.17 bits per heavy atom. The van der Waals surface area contributed by atoms with Crippen LogP contribution >= 0.6 is 0 Å². The second-order valence-electron chi connectivity index (χ2n) is 3.66. The lowest BCUT2D eigenvalue weighted by molar-refractivity contribution is -0.117. The van der Waals surface area contributed by atoms with Crippen LogP contribution in [0.1, 0.15) is 19.3 Å². The summed E-state index contributed by atoms with van der Waals surface area (Å²) in [4.78, 5) is 11.5. The van der Waals surface area contributed by atoms with E-state index < -0.39 is 5.91 Å². The van der Waals surface area contributed by atoms with Crippen molar-refractivity contribution in [2.24, 2.45) is 0 Å². The maximum absolute atomic E-state index is 11.5. The first-order valence-electron chi connectivity index (χ1n) is 5.98. The fraction of sp³-hybridized carbons (Fsp3) is 0.667. The van der Waals surface area contributed by atoms with Crippen molar-refractivity contribution in [2.75, 3.05) is 33.4 Å². The number of amides is 1. The Morgan fingerprint density at radius 1 is 1.39 bits per heavy atom. The molecule has 0 unspecified atom stereocenters. The molecule has 0 rings (SSSR count). The number of carbonyl (C=O) groups is 1. The predicted molar refractivity (Wildman–Crippen MR) is 67.5 cm³/mol. The highest BCUT2D eigenvalue weighted by Gasteiger charge is 2.06. The van der Waals surface area contributed by atoms with Crippen molar-refractivity contribution < 1.29 is 14.6 Å².